The van der Waals surface area contributed by atoms with E-state index in [1.807, 2.05) is 29.1 Å². The van der Waals surface area contributed by atoms with Crippen molar-refractivity contribution in [1.29, 1.82) is 0 Å². The molecule has 2 rings (SSSR count). The predicted octanol–water partition coefficient (Wildman–Crippen LogP) is 2.29. The Balaban J connectivity index is 1.98. The summed E-state index contributed by atoms with van der Waals surface area (Å²) in [5.74, 6) is 1.12. The van der Waals surface area contributed by atoms with Crippen LogP contribution in [0.4, 0.5) is 5.69 Å². The molecule has 1 aromatic carbocycles. The van der Waals surface area contributed by atoms with E-state index in [0.717, 1.165) is 29.0 Å². The number of nitrogens with zero attached hydrogens (tertiary/aromatic N) is 2. The molecular formula is C13H21N3OS. The van der Waals surface area contributed by atoms with Gasteiger partial charge in [-0.3, -0.25) is 0 Å². The number of benzene rings is 1. The number of nitrogens with two attached hydrogens (primary N) is 1. The van der Waals surface area contributed by atoms with Gasteiger partial charge in [0.2, 0.25) is 0 Å². The van der Waals surface area contributed by atoms with Crippen molar-refractivity contribution in [3.8, 4) is 0 Å². The lowest BCUT2D eigenvalue weighted by atomic mass is 10.2. The van der Waals surface area contributed by atoms with Gasteiger partial charge >= 0.3 is 0 Å². The molecule has 0 fully saturated rings. The molecule has 100 valence electrons. The van der Waals surface area contributed by atoms with Gasteiger partial charge in [0.1, 0.15) is 6.73 Å². The lowest BCUT2D eigenvalue weighted by molar-refractivity contribution is 0.0841. The minimum atomic E-state index is -0.489. The zero-order valence-corrected chi connectivity index (χ0v) is 12.0. The Labute approximate surface area is 109 Å². The van der Waals surface area contributed by atoms with Gasteiger partial charge in [0.15, 0.2) is 0 Å². The Morgan fingerprint density at radius 3 is 2.83 bits per heavy atom. The van der Waals surface area contributed by atoms with Crippen LogP contribution in [-0.2, 0) is 11.5 Å². The standard InChI is InChI=1S/C13H21N3OS/c1-18(2,3)7-6-17-10-16-13-8-12(14)5-4-11(13)9-15-16/h4-5,8-9H,6-7,10,14H2,1-3H3. The zero-order valence-electron chi connectivity index (χ0n) is 11.2. The van der Waals surface area contributed by atoms with Crippen LogP contribution < -0.4 is 5.73 Å². The first-order valence-corrected chi connectivity index (χ1v) is 8.93. The molecule has 5 heteroatoms. The van der Waals surface area contributed by atoms with E-state index in [2.05, 4.69) is 23.9 Å². The molecule has 4 nitrogen and oxygen atoms in total. The normalized spacial score (nSPS) is 13.1. The van der Waals surface area contributed by atoms with Crippen molar-refractivity contribution >= 4 is 26.6 Å². The fourth-order valence-corrected chi connectivity index (χ4v) is 2.27. The van der Waals surface area contributed by atoms with E-state index in [-0.39, 0.29) is 0 Å². The summed E-state index contributed by atoms with van der Waals surface area (Å²) in [7, 11) is -0.489. The predicted molar refractivity (Wildman–Crippen MR) is 80.3 cm³/mol. The Hall–Kier alpha value is -1.20. The van der Waals surface area contributed by atoms with Crippen molar-refractivity contribution in [2.75, 3.05) is 36.9 Å². The van der Waals surface area contributed by atoms with Crippen molar-refractivity contribution in [1.82, 2.24) is 9.78 Å². The molecule has 0 aliphatic rings. The van der Waals surface area contributed by atoms with Gasteiger partial charge in [-0.2, -0.15) is 5.10 Å². The number of fused-ring (bicyclic) bond motifs is 1. The van der Waals surface area contributed by atoms with E-state index < -0.39 is 10.0 Å². The maximum Gasteiger partial charge on any atom is 0.140 e. The molecule has 18 heavy (non-hydrogen) atoms. The summed E-state index contributed by atoms with van der Waals surface area (Å²) in [5.41, 5.74) is 7.56. The van der Waals surface area contributed by atoms with Crippen molar-refractivity contribution in [3.63, 3.8) is 0 Å². The summed E-state index contributed by atoms with van der Waals surface area (Å²) in [5, 5.41) is 5.41. The Morgan fingerprint density at radius 1 is 1.33 bits per heavy atom. The third-order valence-corrected chi connectivity index (χ3v) is 4.11. The zero-order chi connectivity index (χ0) is 13.2. The highest BCUT2D eigenvalue weighted by molar-refractivity contribution is 8.32. The number of anilines is 1. The molecular weight excluding hydrogens is 246 g/mol. The highest BCUT2D eigenvalue weighted by atomic mass is 32.3. The van der Waals surface area contributed by atoms with E-state index >= 15 is 0 Å². The minimum absolute atomic E-state index is 0.489. The quantitative estimate of drug-likeness (QED) is 0.668. The molecule has 1 heterocycles. The topological polar surface area (TPSA) is 53.1 Å². The van der Waals surface area contributed by atoms with Crippen LogP contribution in [-0.4, -0.2) is 40.9 Å². The second-order valence-electron chi connectivity index (χ2n) is 5.29. The van der Waals surface area contributed by atoms with Gasteiger partial charge in [-0.05, 0) is 37.0 Å². The van der Waals surface area contributed by atoms with Crippen molar-refractivity contribution in [2.24, 2.45) is 0 Å². The number of aromatic nitrogens is 2. The van der Waals surface area contributed by atoms with Crippen molar-refractivity contribution < 1.29 is 4.74 Å². The van der Waals surface area contributed by atoms with E-state index in [4.69, 9.17) is 10.5 Å². The molecule has 0 unspecified atom stereocenters. The maximum absolute atomic E-state index is 5.79. The van der Waals surface area contributed by atoms with Crippen LogP contribution in [0.25, 0.3) is 10.9 Å². The maximum atomic E-state index is 5.79. The lowest BCUT2D eigenvalue weighted by Gasteiger charge is -2.24. The summed E-state index contributed by atoms with van der Waals surface area (Å²) in [4.78, 5) is 0. The second-order valence-corrected chi connectivity index (χ2v) is 9.88. The summed E-state index contributed by atoms with van der Waals surface area (Å²) in [6.45, 7) is 1.27. The fourth-order valence-electron chi connectivity index (χ4n) is 1.65. The van der Waals surface area contributed by atoms with Crippen LogP contribution in [0.2, 0.25) is 0 Å². The summed E-state index contributed by atoms with van der Waals surface area (Å²) in [6.07, 6.45) is 8.72. The molecule has 0 aliphatic heterocycles. The van der Waals surface area contributed by atoms with E-state index in [0.29, 0.717) is 6.73 Å². The summed E-state index contributed by atoms with van der Waals surface area (Å²) in [6, 6.07) is 5.80. The third kappa shape index (κ3) is 3.40. The van der Waals surface area contributed by atoms with Gasteiger partial charge in [-0.15, -0.1) is 0 Å². The third-order valence-electron chi connectivity index (χ3n) is 2.72. The molecule has 0 spiro atoms. The second kappa shape index (κ2) is 5.20. The molecule has 0 aliphatic carbocycles. The van der Waals surface area contributed by atoms with Gasteiger partial charge in [0.25, 0.3) is 0 Å². The van der Waals surface area contributed by atoms with Gasteiger partial charge in [-0.1, -0.05) is 0 Å². The number of rotatable bonds is 5. The minimum Gasteiger partial charge on any atom is -0.399 e. The van der Waals surface area contributed by atoms with Crippen LogP contribution in [0.3, 0.4) is 0 Å². The van der Waals surface area contributed by atoms with Crippen LogP contribution >= 0.6 is 10.0 Å². The Morgan fingerprint density at radius 2 is 2.11 bits per heavy atom. The number of hydrogen-bond donors (Lipinski definition) is 1. The molecule has 0 saturated heterocycles. The number of nitrogen functional groups attached to an aromatic ring is 1. The molecule has 1 aromatic heterocycles. The average molecular weight is 267 g/mol. The first kappa shape index (κ1) is 13.2. The van der Waals surface area contributed by atoms with Crippen LogP contribution in [0.1, 0.15) is 0 Å². The smallest absolute Gasteiger partial charge is 0.140 e. The lowest BCUT2D eigenvalue weighted by Crippen LogP contribution is -2.10. The summed E-state index contributed by atoms with van der Waals surface area (Å²) < 4.78 is 7.53. The van der Waals surface area contributed by atoms with Crippen molar-refractivity contribution in [3.05, 3.63) is 24.4 Å². The van der Waals surface area contributed by atoms with Crippen LogP contribution in [0.15, 0.2) is 24.4 Å². The molecule has 0 bridgehead atoms. The van der Waals surface area contributed by atoms with Gasteiger partial charge in [0.05, 0.1) is 18.3 Å². The molecule has 0 radical (unpaired) electrons. The largest absolute Gasteiger partial charge is 0.399 e. The molecule has 2 aromatic rings. The van der Waals surface area contributed by atoms with E-state index in [9.17, 15) is 0 Å². The van der Waals surface area contributed by atoms with Crippen molar-refractivity contribution in [2.45, 2.75) is 6.73 Å². The molecule has 2 N–H and O–H groups in total. The molecule has 0 atom stereocenters. The monoisotopic (exact) mass is 267 g/mol. The molecule has 0 saturated carbocycles. The number of hydrogen-bond acceptors (Lipinski definition) is 3. The first-order valence-electron chi connectivity index (χ1n) is 5.90. The SMILES string of the molecule is CS(C)(C)CCOCn1ncc2ccc(N)cc21. The van der Waals surface area contributed by atoms with E-state index in [1.54, 1.807) is 0 Å². The molecule has 0 amide bonds. The summed E-state index contributed by atoms with van der Waals surface area (Å²) >= 11 is 0. The average Bonchev–Trinajstić information content (AvgIpc) is 2.66. The van der Waals surface area contributed by atoms with E-state index in [1.165, 1.54) is 0 Å². The van der Waals surface area contributed by atoms with Gasteiger partial charge in [0, 0.05) is 16.8 Å². The van der Waals surface area contributed by atoms with Crippen LogP contribution in [0.5, 0.6) is 0 Å². The highest BCUT2D eigenvalue weighted by Crippen LogP contribution is 2.33. The highest BCUT2D eigenvalue weighted by Gasteiger charge is 2.05. The fraction of sp³-hybridized carbons (Fsp3) is 0.462. The number of ether oxygens (including phenoxy) is 1. The Kier molecular flexibility index (Phi) is 3.82. The first-order chi connectivity index (χ1) is 8.46. The van der Waals surface area contributed by atoms with Crippen LogP contribution in [0, 0.1) is 0 Å². The Bertz CT molecular complexity index is 531. The van der Waals surface area contributed by atoms with Gasteiger partial charge < -0.3 is 10.5 Å². The van der Waals surface area contributed by atoms with Gasteiger partial charge in [-0.25, -0.2) is 14.7 Å².